The Morgan fingerprint density at radius 3 is 2.55 bits per heavy atom. The first-order valence-electron chi connectivity index (χ1n) is 10.4. The molecule has 1 unspecified atom stereocenters. The first kappa shape index (κ1) is 18.3. The third-order valence-electron chi connectivity index (χ3n) is 6.26. The maximum atomic E-state index is 13.0. The maximum Gasteiger partial charge on any atom is 0.244 e. The third kappa shape index (κ3) is 3.63. The van der Waals surface area contributed by atoms with Gasteiger partial charge in [-0.1, -0.05) is 36.4 Å². The second-order valence-corrected chi connectivity index (χ2v) is 7.96. The van der Waals surface area contributed by atoms with Crippen molar-refractivity contribution in [3.63, 3.8) is 0 Å². The normalized spacial score (nSPS) is 21.2. The van der Waals surface area contributed by atoms with Crippen LogP contribution in [0.25, 0.3) is 10.8 Å². The van der Waals surface area contributed by atoms with Crippen LogP contribution in [0.3, 0.4) is 0 Å². The van der Waals surface area contributed by atoms with Gasteiger partial charge in [-0.05, 0) is 35.6 Å². The number of amides is 1. The van der Waals surface area contributed by atoms with E-state index in [1.165, 1.54) is 16.3 Å². The molecule has 0 saturated carbocycles. The number of carbonyl (C=O) groups excluding carboxylic acids is 1. The zero-order valence-electron chi connectivity index (χ0n) is 16.6. The van der Waals surface area contributed by atoms with Gasteiger partial charge in [0.15, 0.2) is 0 Å². The van der Waals surface area contributed by atoms with Crippen molar-refractivity contribution in [2.24, 2.45) is 0 Å². The molecule has 0 spiro atoms. The molecule has 2 aliphatic rings. The van der Waals surface area contributed by atoms with E-state index in [2.05, 4.69) is 39.0 Å². The zero-order valence-corrected chi connectivity index (χ0v) is 16.6. The largest absolute Gasteiger partial charge is 0.311 e. The highest BCUT2D eigenvalue weighted by Crippen LogP contribution is 2.25. The Kier molecular flexibility index (Phi) is 5.00. The number of para-hydroxylation sites is 1. The summed E-state index contributed by atoms with van der Waals surface area (Å²) in [6.07, 6.45) is 4.72. The number of benzene rings is 2. The molecule has 2 aromatic carbocycles. The molecule has 2 aliphatic heterocycles. The fourth-order valence-corrected chi connectivity index (χ4v) is 4.67. The monoisotopic (exact) mass is 386 g/mol. The molecule has 2 fully saturated rings. The highest BCUT2D eigenvalue weighted by Gasteiger charge is 2.37. The second kappa shape index (κ2) is 7.93. The van der Waals surface area contributed by atoms with Crippen LogP contribution in [-0.2, 0) is 11.3 Å². The van der Waals surface area contributed by atoms with E-state index in [-0.39, 0.29) is 11.9 Å². The Labute approximate surface area is 171 Å². The van der Waals surface area contributed by atoms with Gasteiger partial charge in [0, 0.05) is 62.7 Å². The summed E-state index contributed by atoms with van der Waals surface area (Å²) in [6.45, 7) is 5.66. The van der Waals surface area contributed by atoms with Gasteiger partial charge in [0.2, 0.25) is 5.91 Å². The highest BCUT2D eigenvalue weighted by atomic mass is 16.2. The number of anilines is 1. The van der Waals surface area contributed by atoms with E-state index in [1.54, 1.807) is 0 Å². The first-order valence-corrected chi connectivity index (χ1v) is 10.4. The number of piperazine rings is 1. The molecule has 3 aromatic rings. The number of rotatable bonds is 4. The molecule has 0 radical (unpaired) electrons. The van der Waals surface area contributed by atoms with Crippen LogP contribution in [0, 0.1) is 0 Å². The van der Waals surface area contributed by atoms with Gasteiger partial charge in [0.05, 0.1) is 6.04 Å². The van der Waals surface area contributed by atoms with Gasteiger partial charge >= 0.3 is 0 Å². The minimum absolute atomic E-state index is 0.0287. The Balaban J connectivity index is 1.21. The summed E-state index contributed by atoms with van der Waals surface area (Å²) in [5.41, 5.74) is 2.37. The van der Waals surface area contributed by atoms with Crippen LogP contribution < -0.4 is 4.90 Å². The van der Waals surface area contributed by atoms with Crippen molar-refractivity contribution in [3.8, 4) is 0 Å². The van der Waals surface area contributed by atoms with Crippen LogP contribution >= 0.6 is 0 Å². The van der Waals surface area contributed by atoms with Crippen molar-refractivity contribution in [3.05, 3.63) is 72.6 Å². The number of nitrogens with zero attached hydrogens (tertiary/aromatic N) is 4. The van der Waals surface area contributed by atoms with Crippen molar-refractivity contribution in [2.45, 2.75) is 19.0 Å². The van der Waals surface area contributed by atoms with E-state index in [4.69, 9.17) is 0 Å². The minimum Gasteiger partial charge on any atom is -0.311 e. The predicted octanol–water partition coefficient (Wildman–Crippen LogP) is 3.16. The summed E-state index contributed by atoms with van der Waals surface area (Å²) in [5.74, 6) is 0.256. The van der Waals surface area contributed by atoms with Gasteiger partial charge in [-0.2, -0.15) is 0 Å². The summed E-state index contributed by atoms with van der Waals surface area (Å²) < 4.78 is 0. The van der Waals surface area contributed by atoms with Crippen LogP contribution in [0.2, 0.25) is 0 Å². The van der Waals surface area contributed by atoms with E-state index in [1.807, 2.05) is 47.6 Å². The fourth-order valence-electron chi connectivity index (χ4n) is 4.67. The molecule has 0 N–H and O–H groups in total. The lowest BCUT2D eigenvalue weighted by Gasteiger charge is -2.37. The average Bonchev–Trinajstić information content (AvgIpc) is 3.16. The van der Waals surface area contributed by atoms with Crippen LogP contribution in [0.4, 0.5) is 5.69 Å². The number of hydrogen-bond acceptors (Lipinski definition) is 4. The van der Waals surface area contributed by atoms with Crippen molar-refractivity contribution in [2.75, 3.05) is 37.6 Å². The molecule has 5 heteroatoms. The molecule has 1 aromatic heterocycles. The lowest BCUT2D eigenvalue weighted by molar-refractivity contribution is -0.122. The van der Waals surface area contributed by atoms with Crippen LogP contribution in [-0.4, -0.2) is 59.5 Å². The summed E-state index contributed by atoms with van der Waals surface area (Å²) >= 11 is 0. The summed E-state index contributed by atoms with van der Waals surface area (Å²) in [7, 11) is 0. The Bertz CT molecular complexity index is 993. The number of pyridine rings is 1. The predicted molar refractivity (Wildman–Crippen MR) is 116 cm³/mol. The molecule has 3 heterocycles. The number of fused-ring (bicyclic) bond motifs is 1. The molecule has 0 bridgehead atoms. The Hall–Kier alpha value is -2.76. The molecule has 2 saturated heterocycles. The van der Waals surface area contributed by atoms with Crippen LogP contribution in [0.15, 0.2) is 67.0 Å². The number of hydrogen-bond donors (Lipinski definition) is 0. The van der Waals surface area contributed by atoms with Crippen LogP contribution in [0.5, 0.6) is 0 Å². The number of carbonyl (C=O) groups is 1. The van der Waals surface area contributed by atoms with Gasteiger partial charge in [0.1, 0.15) is 0 Å². The Morgan fingerprint density at radius 2 is 1.72 bits per heavy atom. The number of aromatic nitrogens is 1. The van der Waals surface area contributed by atoms with Gasteiger partial charge in [-0.25, -0.2) is 0 Å². The topological polar surface area (TPSA) is 39.7 Å². The molecular formula is C24H26N4O. The smallest absolute Gasteiger partial charge is 0.244 e. The van der Waals surface area contributed by atoms with Crippen molar-refractivity contribution in [1.82, 2.24) is 14.8 Å². The standard InChI is InChI=1S/C24H26N4O/c29-24-23(10-12-28(24)21-7-2-1-3-8-21)27-15-13-26(14-16-27)18-20-6-4-5-19-17-25-11-9-22(19)20/h1-9,11,17,23H,10,12-16,18H2. The first-order chi connectivity index (χ1) is 14.3. The van der Waals surface area contributed by atoms with Gasteiger partial charge in [-0.3, -0.25) is 19.6 Å². The van der Waals surface area contributed by atoms with Gasteiger partial charge in [-0.15, -0.1) is 0 Å². The molecule has 1 atom stereocenters. The van der Waals surface area contributed by atoms with E-state index in [0.29, 0.717) is 0 Å². The van der Waals surface area contributed by atoms with E-state index < -0.39 is 0 Å². The fraction of sp³-hybridized carbons (Fsp3) is 0.333. The van der Waals surface area contributed by atoms with E-state index in [9.17, 15) is 4.79 Å². The van der Waals surface area contributed by atoms with Crippen molar-refractivity contribution >= 4 is 22.4 Å². The SMILES string of the molecule is O=C1C(N2CCN(Cc3cccc4cnccc34)CC2)CCN1c1ccccc1. The molecule has 5 rings (SSSR count). The second-order valence-electron chi connectivity index (χ2n) is 7.96. The van der Waals surface area contributed by atoms with Crippen LogP contribution in [0.1, 0.15) is 12.0 Å². The molecule has 0 aliphatic carbocycles. The summed E-state index contributed by atoms with van der Waals surface area (Å²) in [5, 5.41) is 2.48. The summed E-state index contributed by atoms with van der Waals surface area (Å²) in [6, 6.07) is 18.6. The lowest BCUT2D eigenvalue weighted by atomic mass is 10.1. The maximum absolute atomic E-state index is 13.0. The quantitative estimate of drug-likeness (QED) is 0.691. The molecule has 1 amide bonds. The lowest BCUT2D eigenvalue weighted by Crippen LogP contribution is -2.52. The average molecular weight is 386 g/mol. The van der Waals surface area contributed by atoms with E-state index >= 15 is 0 Å². The van der Waals surface area contributed by atoms with E-state index in [0.717, 1.165) is 51.4 Å². The zero-order chi connectivity index (χ0) is 19.6. The van der Waals surface area contributed by atoms with Crippen molar-refractivity contribution < 1.29 is 4.79 Å². The molecule has 29 heavy (non-hydrogen) atoms. The summed E-state index contributed by atoms with van der Waals surface area (Å²) in [4.78, 5) is 24.1. The van der Waals surface area contributed by atoms with Gasteiger partial charge < -0.3 is 4.90 Å². The minimum atomic E-state index is 0.0287. The molecular weight excluding hydrogens is 360 g/mol. The van der Waals surface area contributed by atoms with Crippen molar-refractivity contribution in [1.29, 1.82) is 0 Å². The molecule has 5 nitrogen and oxygen atoms in total. The highest BCUT2D eigenvalue weighted by molar-refractivity contribution is 5.99. The Morgan fingerprint density at radius 1 is 0.897 bits per heavy atom. The third-order valence-corrected chi connectivity index (χ3v) is 6.26. The van der Waals surface area contributed by atoms with Gasteiger partial charge in [0.25, 0.3) is 0 Å². The molecule has 148 valence electrons.